The second-order valence-electron chi connectivity index (χ2n) is 6.15. The molecular weight excluding hydrogens is 385 g/mol. The fourth-order valence-electron chi connectivity index (χ4n) is 2.75. The number of rotatable bonds is 5. The normalized spacial score (nSPS) is 11.4. The van der Waals surface area contributed by atoms with Gasteiger partial charge in [0.15, 0.2) is 5.82 Å². The summed E-state index contributed by atoms with van der Waals surface area (Å²) < 4.78 is 43.5. The minimum absolute atomic E-state index is 0.00407. The van der Waals surface area contributed by atoms with E-state index in [0.717, 1.165) is 10.6 Å². The lowest BCUT2D eigenvalue weighted by molar-refractivity contribution is 0.1000. The summed E-state index contributed by atoms with van der Waals surface area (Å²) in [6.07, 6.45) is 6.67. The van der Waals surface area contributed by atoms with E-state index >= 15 is 0 Å². The number of benzene rings is 1. The van der Waals surface area contributed by atoms with E-state index in [1.807, 2.05) is 0 Å². The van der Waals surface area contributed by atoms with Gasteiger partial charge >= 0.3 is 0 Å². The SMILES string of the molecule is C#Cc1cc2c(C(N)=O)c(Cc3ccc(F)cc3)oc2nc1N(C)S(C)(=O)=O. The summed E-state index contributed by atoms with van der Waals surface area (Å²) in [5, 5.41) is 0.281. The van der Waals surface area contributed by atoms with Crippen molar-refractivity contribution < 1.29 is 22.0 Å². The molecule has 2 heterocycles. The average molecular weight is 401 g/mol. The van der Waals surface area contributed by atoms with Crippen LogP contribution in [0.2, 0.25) is 0 Å². The Kier molecular flexibility index (Phi) is 4.83. The number of terminal acetylenes is 1. The van der Waals surface area contributed by atoms with Gasteiger partial charge in [0.1, 0.15) is 11.6 Å². The van der Waals surface area contributed by atoms with Gasteiger partial charge in [-0.1, -0.05) is 18.1 Å². The zero-order chi connectivity index (χ0) is 20.6. The minimum Gasteiger partial charge on any atom is -0.441 e. The summed E-state index contributed by atoms with van der Waals surface area (Å²) in [5.74, 6) is 1.45. The topological polar surface area (TPSA) is 106 Å². The second kappa shape index (κ2) is 6.98. The van der Waals surface area contributed by atoms with Gasteiger partial charge in [0.2, 0.25) is 15.7 Å². The number of halogens is 1. The lowest BCUT2D eigenvalue weighted by atomic mass is 10.0. The van der Waals surface area contributed by atoms with Crippen LogP contribution < -0.4 is 10.0 Å². The van der Waals surface area contributed by atoms with Gasteiger partial charge in [-0.25, -0.2) is 12.8 Å². The molecule has 9 heteroatoms. The first kappa shape index (κ1) is 19.4. The number of aromatic nitrogens is 1. The Morgan fingerprint density at radius 3 is 2.54 bits per heavy atom. The Morgan fingerprint density at radius 1 is 1.36 bits per heavy atom. The summed E-state index contributed by atoms with van der Waals surface area (Å²) in [4.78, 5) is 16.2. The number of amides is 1. The zero-order valence-electron chi connectivity index (χ0n) is 15.1. The summed E-state index contributed by atoms with van der Waals surface area (Å²) in [6, 6.07) is 7.12. The molecule has 0 aliphatic rings. The third-order valence-corrected chi connectivity index (χ3v) is 5.38. The number of sulfonamides is 1. The van der Waals surface area contributed by atoms with E-state index in [1.165, 1.54) is 25.2 Å². The highest BCUT2D eigenvalue weighted by molar-refractivity contribution is 7.92. The maximum atomic E-state index is 13.1. The molecule has 0 unspecified atom stereocenters. The number of fused-ring (bicyclic) bond motifs is 1. The van der Waals surface area contributed by atoms with Crippen LogP contribution in [0.4, 0.5) is 10.2 Å². The summed E-state index contributed by atoms with van der Waals surface area (Å²) in [7, 11) is -2.32. The van der Waals surface area contributed by atoms with Crippen LogP contribution in [0, 0.1) is 18.2 Å². The standard InChI is InChI=1S/C19H16FN3O4S/c1-4-12-10-14-16(17(21)24)15(9-11-5-7-13(20)8-6-11)27-19(14)22-18(12)23(2)28(3,25)26/h1,5-8,10H,9H2,2-3H3,(H2,21,24). The predicted octanol–water partition coefficient (Wildman–Crippen LogP) is 2.03. The molecule has 0 aliphatic heterocycles. The van der Waals surface area contributed by atoms with Gasteiger partial charge in [-0.15, -0.1) is 6.42 Å². The van der Waals surface area contributed by atoms with E-state index in [9.17, 15) is 17.6 Å². The number of hydrogen-bond donors (Lipinski definition) is 1. The van der Waals surface area contributed by atoms with Crippen molar-refractivity contribution in [1.29, 1.82) is 0 Å². The van der Waals surface area contributed by atoms with Crippen LogP contribution in [-0.4, -0.2) is 32.6 Å². The van der Waals surface area contributed by atoms with Crippen molar-refractivity contribution in [2.75, 3.05) is 17.6 Å². The molecule has 0 bridgehead atoms. The Balaban J connectivity index is 2.21. The second-order valence-corrected chi connectivity index (χ2v) is 8.17. The number of primary amides is 1. The number of nitrogens with two attached hydrogens (primary N) is 1. The van der Waals surface area contributed by atoms with E-state index in [-0.39, 0.29) is 40.2 Å². The van der Waals surface area contributed by atoms with Crippen LogP contribution in [0.15, 0.2) is 34.7 Å². The highest BCUT2D eigenvalue weighted by atomic mass is 32.2. The van der Waals surface area contributed by atoms with Gasteiger partial charge in [0.25, 0.3) is 5.91 Å². The fraction of sp³-hybridized carbons (Fsp3) is 0.158. The number of anilines is 1. The number of carbonyl (C=O) groups is 1. The van der Waals surface area contributed by atoms with E-state index < -0.39 is 21.7 Å². The summed E-state index contributed by atoms with van der Waals surface area (Å²) >= 11 is 0. The highest BCUT2D eigenvalue weighted by Gasteiger charge is 2.24. The fourth-order valence-corrected chi connectivity index (χ4v) is 3.20. The summed E-state index contributed by atoms with van der Waals surface area (Å²) in [5.41, 5.74) is 6.49. The van der Waals surface area contributed by atoms with Crippen LogP contribution in [0.5, 0.6) is 0 Å². The molecule has 0 radical (unpaired) electrons. The van der Waals surface area contributed by atoms with Gasteiger partial charge in [0.05, 0.1) is 22.8 Å². The zero-order valence-corrected chi connectivity index (χ0v) is 15.9. The van der Waals surface area contributed by atoms with E-state index in [1.54, 1.807) is 12.1 Å². The molecule has 7 nitrogen and oxygen atoms in total. The first-order chi connectivity index (χ1) is 13.1. The van der Waals surface area contributed by atoms with Crippen molar-refractivity contribution in [3.63, 3.8) is 0 Å². The Hall–Kier alpha value is -3.38. The molecule has 0 saturated heterocycles. The van der Waals surface area contributed by atoms with Crippen molar-refractivity contribution >= 4 is 32.8 Å². The number of furan rings is 1. The molecule has 144 valence electrons. The van der Waals surface area contributed by atoms with Crippen LogP contribution in [0.1, 0.15) is 27.2 Å². The molecule has 0 atom stereocenters. The van der Waals surface area contributed by atoms with Gasteiger partial charge in [-0.3, -0.25) is 9.10 Å². The third kappa shape index (κ3) is 3.54. The number of nitrogens with zero attached hydrogens (tertiary/aromatic N) is 2. The first-order valence-corrected chi connectivity index (χ1v) is 9.88. The van der Waals surface area contributed by atoms with E-state index in [0.29, 0.717) is 5.56 Å². The number of pyridine rings is 1. The first-order valence-electron chi connectivity index (χ1n) is 8.03. The lowest BCUT2D eigenvalue weighted by Gasteiger charge is -2.16. The van der Waals surface area contributed by atoms with Gasteiger partial charge < -0.3 is 10.2 Å². The quantitative estimate of drug-likeness (QED) is 0.659. The maximum absolute atomic E-state index is 13.1. The predicted molar refractivity (Wildman–Crippen MR) is 103 cm³/mol. The smallest absolute Gasteiger partial charge is 0.252 e. The van der Waals surface area contributed by atoms with Crippen molar-refractivity contribution in [1.82, 2.24) is 4.98 Å². The molecule has 0 aliphatic carbocycles. The van der Waals surface area contributed by atoms with Crippen LogP contribution >= 0.6 is 0 Å². The molecule has 3 aromatic rings. The molecule has 2 N–H and O–H groups in total. The van der Waals surface area contributed by atoms with Crippen molar-refractivity contribution in [2.24, 2.45) is 5.73 Å². The molecule has 0 fully saturated rings. The Morgan fingerprint density at radius 2 is 2.00 bits per heavy atom. The number of carbonyl (C=O) groups excluding carboxylic acids is 1. The molecular formula is C19H16FN3O4S. The molecule has 28 heavy (non-hydrogen) atoms. The molecule has 1 amide bonds. The van der Waals surface area contributed by atoms with Crippen LogP contribution in [0.3, 0.4) is 0 Å². The monoisotopic (exact) mass is 401 g/mol. The average Bonchev–Trinajstić information content (AvgIpc) is 2.97. The maximum Gasteiger partial charge on any atom is 0.252 e. The number of hydrogen-bond acceptors (Lipinski definition) is 5. The van der Waals surface area contributed by atoms with Gasteiger partial charge in [-0.2, -0.15) is 4.98 Å². The Labute approximate surface area is 161 Å². The molecule has 0 saturated carbocycles. The van der Waals surface area contributed by atoms with Gasteiger partial charge in [0, 0.05) is 13.5 Å². The Bertz CT molecular complexity index is 1220. The molecule has 0 spiro atoms. The third-order valence-electron chi connectivity index (χ3n) is 4.21. The van der Waals surface area contributed by atoms with Crippen molar-refractivity contribution in [3.05, 3.63) is 58.6 Å². The van der Waals surface area contributed by atoms with Gasteiger partial charge in [-0.05, 0) is 23.8 Å². The lowest BCUT2D eigenvalue weighted by Crippen LogP contribution is -2.26. The highest BCUT2D eigenvalue weighted by Crippen LogP contribution is 2.31. The van der Waals surface area contributed by atoms with Crippen LogP contribution in [0.25, 0.3) is 11.1 Å². The van der Waals surface area contributed by atoms with Crippen molar-refractivity contribution in [3.8, 4) is 12.3 Å². The summed E-state index contributed by atoms with van der Waals surface area (Å²) in [6.45, 7) is 0. The van der Waals surface area contributed by atoms with E-state index in [2.05, 4.69) is 10.9 Å². The largest absolute Gasteiger partial charge is 0.441 e. The van der Waals surface area contributed by atoms with Crippen LogP contribution in [-0.2, 0) is 16.4 Å². The molecule has 2 aromatic heterocycles. The molecule has 3 rings (SSSR count). The van der Waals surface area contributed by atoms with E-state index in [4.69, 9.17) is 16.6 Å². The van der Waals surface area contributed by atoms with Crippen molar-refractivity contribution in [2.45, 2.75) is 6.42 Å². The molecule has 1 aromatic carbocycles. The minimum atomic E-state index is -3.62.